The zero-order chi connectivity index (χ0) is 32.4. The minimum absolute atomic E-state index is 0.251. The molecule has 2 aliphatic rings. The van der Waals surface area contributed by atoms with Crippen LogP contribution in [0.5, 0.6) is 0 Å². The molecule has 1 unspecified atom stereocenters. The van der Waals surface area contributed by atoms with Crippen molar-refractivity contribution in [3.8, 4) is 22.3 Å². The fourth-order valence-corrected chi connectivity index (χ4v) is 6.98. The molecular formula is C38H35Cl2N3O3. The summed E-state index contributed by atoms with van der Waals surface area (Å²) in [5.74, 6) is -2.17. The number of anilines is 1. The molecule has 1 saturated carbocycles. The van der Waals surface area contributed by atoms with Crippen molar-refractivity contribution < 1.29 is 14.4 Å². The molecule has 4 aromatic carbocycles. The van der Waals surface area contributed by atoms with E-state index in [-0.39, 0.29) is 18.4 Å². The smallest absolute Gasteiger partial charge is 0.254 e. The van der Waals surface area contributed by atoms with Crippen LogP contribution in [0, 0.1) is 17.8 Å². The zero-order valence-corrected chi connectivity index (χ0v) is 26.8. The zero-order valence-electron chi connectivity index (χ0n) is 25.3. The maximum atomic E-state index is 14.7. The maximum Gasteiger partial charge on any atom is 0.254 e. The monoisotopic (exact) mass is 651 g/mol. The fourth-order valence-electron chi connectivity index (χ4n) is 6.46. The van der Waals surface area contributed by atoms with Gasteiger partial charge < -0.3 is 16.0 Å². The van der Waals surface area contributed by atoms with Gasteiger partial charge in [-0.15, -0.1) is 6.58 Å². The molecule has 1 heterocycles. The molecule has 0 bridgehead atoms. The molecule has 3 N–H and O–H groups in total. The Hall–Kier alpha value is -4.39. The van der Waals surface area contributed by atoms with Gasteiger partial charge in [0.2, 0.25) is 11.8 Å². The number of nitrogens with two attached hydrogens (primary N) is 1. The second kappa shape index (κ2) is 13.5. The van der Waals surface area contributed by atoms with Crippen molar-refractivity contribution in [2.24, 2.45) is 23.5 Å². The molecule has 0 aromatic heterocycles. The summed E-state index contributed by atoms with van der Waals surface area (Å²) in [6.45, 7) is 4.03. The fraction of sp³-hybridized carbons (Fsp3) is 0.237. The molecule has 3 amide bonds. The Labute approximate surface area is 279 Å². The quantitative estimate of drug-likeness (QED) is 0.160. The molecule has 6 nitrogen and oxygen atoms in total. The number of allylic oxidation sites excluding steroid dienone is 1. The minimum Gasteiger partial charge on any atom is -0.369 e. The Morgan fingerprint density at radius 3 is 2.37 bits per heavy atom. The highest BCUT2D eigenvalue weighted by Crippen LogP contribution is 2.42. The van der Waals surface area contributed by atoms with Crippen LogP contribution in [0.25, 0.3) is 22.3 Å². The minimum atomic E-state index is -0.982. The van der Waals surface area contributed by atoms with E-state index in [1.807, 2.05) is 78.9 Å². The van der Waals surface area contributed by atoms with E-state index in [4.69, 9.17) is 28.9 Å². The number of primary amides is 1. The third-order valence-corrected chi connectivity index (χ3v) is 9.51. The number of halogens is 2. The first-order valence-electron chi connectivity index (χ1n) is 15.5. The highest BCUT2D eigenvalue weighted by Gasteiger charge is 2.40. The van der Waals surface area contributed by atoms with Crippen LogP contribution in [0.1, 0.15) is 42.9 Å². The standard InChI is InChI=1S/C38H35Cl2N3O3/c1-2-8-31(36(41)44)32(20-23-15-16-23)37(45)42-35-30-13-4-3-11-28(30)29-12-5-6-14-34(29)43(38(35)46)22-24-9-7-10-25(19-24)27-18-17-26(39)21-33(27)40/h2-7,9-14,17-19,21,23,31-32,35H,1,8,15-16,20,22H2,(H2,41,44)(H,42,45)/t31-,32+,35?/m0/s1. The Morgan fingerprint density at radius 2 is 1.65 bits per heavy atom. The highest BCUT2D eigenvalue weighted by atomic mass is 35.5. The molecule has 1 fully saturated rings. The molecule has 1 aliphatic carbocycles. The number of fused-ring (bicyclic) bond motifs is 3. The number of nitrogens with zero attached hydrogens (tertiary/aromatic N) is 1. The maximum absolute atomic E-state index is 14.7. The number of benzene rings is 4. The van der Waals surface area contributed by atoms with Crippen LogP contribution in [0.2, 0.25) is 10.0 Å². The second-order valence-corrected chi connectivity index (χ2v) is 13.0. The summed E-state index contributed by atoms with van der Waals surface area (Å²) in [5, 5.41) is 4.17. The summed E-state index contributed by atoms with van der Waals surface area (Å²) in [7, 11) is 0. The Balaban J connectivity index is 1.39. The van der Waals surface area contributed by atoms with Gasteiger partial charge in [0.1, 0.15) is 6.04 Å². The van der Waals surface area contributed by atoms with Crippen LogP contribution < -0.4 is 16.0 Å². The summed E-state index contributed by atoms with van der Waals surface area (Å²) < 4.78 is 0. The molecule has 4 aromatic rings. The lowest BCUT2D eigenvalue weighted by Crippen LogP contribution is -2.46. The number of carbonyl (C=O) groups excluding carboxylic acids is 3. The van der Waals surface area contributed by atoms with Crippen LogP contribution in [0.4, 0.5) is 5.69 Å². The van der Waals surface area contributed by atoms with Gasteiger partial charge in [0, 0.05) is 21.2 Å². The van der Waals surface area contributed by atoms with Crippen molar-refractivity contribution in [3.05, 3.63) is 125 Å². The van der Waals surface area contributed by atoms with E-state index in [2.05, 4.69) is 11.9 Å². The van der Waals surface area contributed by atoms with Crippen LogP contribution in [0.15, 0.2) is 104 Å². The van der Waals surface area contributed by atoms with Gasteiger partial charge in [-0.05, 0) is 65.3 Å². The van der Waals surface area contributed by atoms with Crippen LogP contribution in [-0.2, 0) is 20.9 Å². The first kappa shape index (κ1) is 31.6. The SMILES string of the molecule is C=CC[C@H](C(N)=O)[C@@H](CC1CC1)C(=O)NC1C(=O)N(Cc2cccc(-c3ccc(Cl)cc3Cl)c2)c2ccccc2-c2ccccc21. The Morgan fingerprint density at radius 1 is 0.913 bits per heavy atom. The molecule has 46 heavy (non-hydrogen) atoms. The van der Waals surface area contributed by atoms with E-state index in [0.29, 0.717) is 34.4 Å². The number of amides is 3. The number of nitrogens with one attached hydrogen (secondary N) is 1. The van der Waals surface area contributed by atoms with Crippen molar-refractivity contribution in [2.45, 2.75) is 38.3 Å². The van der Waals surface area contributed by atoms with Crippen molar-refractivity contribution >= 4 is 46.6 Å². The predicted molar refractivity (Wildman–Crippen MR) is 184 cm³/mol. The summed E-state index contributed by atoms with van der Waals surface area (Å²) in [4.78, 5) is 43.1. The van der Waals surface area contributed by atoms with Gasteiger partial charge in [-0.2, -0.15) is 0 Å². The topological polar surface area (TPSA) is 92.5 Å². The summed E-state index contributed by atoms with van der Waals surface area (Å²) in [6.07, 6.45) is 4.48. The van der Waals surface area contributed by atoms with Gasteiger partial charge in [0.25, 0.3) is 5.91 Å². The van der Waals surface area contributed by atoms with E-state index in [9.17, 15) is 14.4 Å². The molecule has 3 atom stereocenters. The molecule has 0 spiro atoms. The van der Waals surface area contributed by atoms with Gasteiger partial charge in [-0.3, -0.25) is 14.4 Å². The molecule has 8 heteroatoms. The molecule has 234 valence electrons. The van der Waals surface area contributed by atoms with Gasteiger partial charge in [-0.1, -0.05) is 109 Å². The van der Waals surface area contributed by atoms with E-state index >= 15 is 0 Å². The largest absolute Gasteiger partial charge is 0.369 e. The first-order chi connectivity index (χ1) is 22.2. The number of carbonyl (C=O) groups is 3. The molecule has 0 saturated heterocycles. The van der Waals surface area contributed by atoms with Gasteiger partial charge in [0.05, 0.1) is 24.1 Å². The van der Waals surface area contributed by atoms with Crippen molar-refractivity contribution in [2.75, 3.05) is 4.90 Å². The third kappa shape index (κ3) is 6.60. The van der Waals surface area contributed by atoms with Crippen LogP contribution in [0.3, 0.4) is 0 Å². The van der Waals surface area contributed by atoms with Gasteiger partial charge >= 0.3 is 0 Å². The number of rotatable bonds is 11. The van der Waals surface area contributed by atoms with Crippen molar-refractivity contribution in [1.82, 2.24) is 5.32 Å². The lowest BCUT2D eigenvalue weighted by molar-refractivity contribution is -0.135. The van der Waals surface area contributed by atoms with Gasteiger partial charge in [-0.25, -0.2) is 0 Å². The Bertz CT molecular complexity index is 1820. The first-order valence-corrected chi connectivity index (χ1v) is 16.3. The lowest BCUT2D eigenvalue weighted by Gasteiger charge is -2.29. The van der Waals surface area contributed by atoms with Crippen molar-refractivity contribution in [1.29, 1.82) is 0 Å². The molecule has 6 rings (SSSR count). The number of para-hydroxylation sites is 1. The van der Waals surface area contributed by atoms with Crippen LogP contribution >= 0.6 is 23.2 Å². The van der Waals surface area contributed by atoms with Gasteiger partial charge in [0.15, 0.2) is 0 Å². The second-order valence-electron chi connectivity index (χ2n) is 12.1. The summed E-state index contributed by atoms with van der Waals surface area (Å²) in [6, 6.07) is 27.7. The lowest BCUT2D eigenvalue weighted by atomic mass is 9.83. The summed E-state index contributed by atoms with van der Waals surface area (Å²) >= 11 is 12.7. The molecule has 0 radical (unpaired) electrons. The average Bonchev–Trinajstić information content (AvgIpc) is 3.88. The normalized spacial score (nSPS) is 16.9. The van der Waals surface area contributed by atoms with E-state index in [0.717, 1.165) is 46.3 Å². The van der Waals surface area contributed by atoms with E-state index < -0.39 is 23.8 Å². The van der Waals surface area contributed by atoms with E-state index in [1.165, 1.54) is 0 Å². The molecule has 1 aliphatic heterocycles. The predicted octanol–water partition coefficient (Wildman–Crippen LogP) is 8.13. The van der Waals surface area contributed by atoms with E-state index in [1.54, 1.807) is 23.1 Å². The Kier molecular flexibility index (Phi) is 9.29. The summed E-state index contributed by atoms with van der Waals surface area (Å²) in [5.41, 5.74) is 11.6. The average molecular weight is 653 g/mol. The van der Waals surface area contributed by atoms with Crippen LogP contribution in [-0.4, -0.2) is 17.7 Å². The highest BCUT2D eigenvalue weighted by molar-refractivity contribution is 6.36. The number of hydrogen-bond donors (Lipinski definition) is 2. The third-order valence-electron chi connectivity index (χ3n) is 8.96. The van der Waals surface area contributed by atoms with Crippen molar-refractivity contribution in [3.63, 3.8) is 0 Å². The number of hydrogen-bond acceptors (Lipinski definition) is 3. The molecular weight excluding hydrogens is 617 g/mol.